The van der Waals surface area contributed by atoms with E-state index in [2.05, 4.69) is 10.2 Å². The molecule has 1 unspecified atom stereocenters. The van der Waals surface area contributed by atoms with Crippen LogP contribution in [0.3, 0.4) is 0 Å². The first-order valence-corrected chi connectivity index (χ1v) is 7.13. The zero-order chi connectivity index (χ0) is 16.6. The van der Waals surface area contributed by atoms with Crippen LogP contribution >= 0.6 is 0 Å². The normalized spacial score (nSPS) is 20.7. The minimum atomic E-state index is -1.28. The van der Waals surface area contributed by atoms with E-state index >= 15 is 0 Å². The van der Waals surface area contributed by atoms with E-state index in [1.54, 1.807) is 19.1 Å². The quantitative estimate of drug-likeness (QED) is 0.901. The maximum atomic E-state index is 13.0. The molecule has 1 N–H and O–H groups in total. The van der Waals surface area contributed by atoms with E-state index in [0.717, 1.165) is 5.56 Å². The van der Waals surface area contributed by atoms with Crippen LogP contribution in [-0.4, -0.2) is 55.8 Å². The third kappa shape index (κ3) is 2.68. The second-order valence-corrected chi connectivity index (χ2v) is 5.42. The van der Waals surface area contributed by atoms with Gasteiger partial charge < -0.3 is 9.84 Å². The number of hydrogen-bond acceptors (Lipinski definition) is 5. The number of hydrogen-bond donors (Lipinski definition) is 1. The fourth-order valence-electron chi connectivity index (χ4n) is 2.59. The first-order chi connectivity index (χ1) is 11.0. The Balaban J connectivity index is 2.05. The van der Waals surface area contributed by atoms with Crippen molar-refractivity contribution in [2.75, 3.05) is 6.61 Å². The second kappa shape index (κ2) is 5.81. The van der Waals surface area contributed by atoms with Gasteiger partial charge in [0, 0.05) is 0 Å². The molecule has 3 rings (SSSR count). The molecule has 2 heterocycles. The van der Waals surface area contributed by atoms with Crippen molar-refractivity contribution in [1.29, 1.82) is 0 Å². The second-order valence-electron chi connectivity index (χ2n) is 5.42. The van der Waals surface area contributed by atoms with Crippen LogP contribution in [0.4, 0.5) is 0 Å². The highest BCUT2D eigenvalue weighted by molar-refractivity contribution is 6.00. The van der Waals surface area contributed by atoms with Gasteiger partial charge in [0.05, 0.1) is 36.3 Å². The Labute approximate surface area is 132 Å². The molecule has 1 aromatic heterocycles. The van der Waals surface area contributed by atoms with Gasteiger partial charge >= 0.3 is 5.97 Å². The minimum absolute atomic E-state index is 0.184. The van der Waals surface area contributed by atoms with E-state index in [1.807, 2.05) is 13.0 Å². The number of ether oxygens (including phenoxy) is 1. The van der Waals surface area contributed by atoms with Gasteiger partial charge in [-0.2, -0.15) is 15.0 Å². The smallest absolute Gasteiger partial charge is 0.354 e. The molecule has 0 aliphatic carbocycles. The number of nitrogens with zero attached hydrogens (tertiary/aromatic N) is 4. The van der Waals surface area contributed by atoms with Crippen LogP contribution in [0, 0.1) is 6.92 Å². The Kier molecular flexibility index (Phi) is 3.83. The standard InChI is InChI=1S/C15H16N4O4/c1-9-3-4-12(19-16-5-6-17-19)11(7-9)13(20)18-10(2)8-23-14(18)15(21)22/h3-7,10,14H,8H2,1-2H3,(H,21,22)/t10-,14?/m1/s1. The number of benzene rings is 1. The summed E-state index contributed by atoms with van der Waals surface area (Å²) >= 11 is 0. The van der Waals surface area contributed by atoms with Crippen molar-refractivity contribution in [2.45, 2.75) is 26.1 Å². The SMILES string of the molecule is Cc1ccc(-n2nccn2)c(C(=O)N2C(C(=O)O)OC[C@H]2C)c1. The van der Waals surface area contributed by atoms with E-state index in [9.17, 15) is 14.7 Å². The highest BCUT2D eigenvalue weighted by Crippen LogP contribution is 2.24. The van der Waals surface area contributed by atoms with Gasteiger partial charge in [-0.05, 0) is 26.0 Å². The van der Waals surface area contributed by atoms with Crippen molar-refractivity contribution in [3.05, 3.63) is 41.7 Å². The molecule has 8 heteroatoms. The maximum absolute atomic E-state index is 13.0. The first kappa shape index (κ1) is 15.2. The highest BCUT2D eigenvalue weighted by atomic mass is 16.5. The molecule has 1 fully saturated rings. The molecule has 0 radical (unpaired) electrons. The number of carboxylic acid groups (broad SMARTS) is 1. The van der Waals surface area contributed by atoms with Gasteiger partial charge in [-0.15, -0.1) is 0 Å². The number of rotatable bonds is 3. The molecular weight excluding hydrogens is 300 g/mol. The van der Waals surface area contributed by atoms with Crippen LogP contribution in [-0.2, 0) is 9.53 Å². The third-order valence-electron chi connectivity index (χ3n) is 3.69. The van der Waals surface area contributed by atoms with E-state index < -0.39 is 18.1 Å². The zero-order valence-corrected chi connectivity index (χ0v) is 12.7. The fourth-order valence-corrected chi connectivity index (χ4v) is 2.59. The summed E-state index contributed by atoms with van der Waals surface area (Å²) in [5.41, 5.74) is 1.71. The Morgan fingerprint density at radius 1 is 1.30 bits per heavy atom. The van der Waals surface area contributed by atoms with E-state index in [4.69, 9.17) is 4.74 Å². The van der Waals surface area contributed by atoms with Crippen molar-refractivity contribution >= 4 is 11.9 Å². The lowest BCUT2D eigenvalue weighted by Gasteiger charge is -2.24. The number of carbonyl (C=O) groups excluding carboxylic acids is 1. The Morgan fingerprint density at radius 3 is 2.65 bits per heavy atom. The van der Waals surface area contributed by atoms with Crippen LogP contribution < -0.4 is 0 Å². The van der Waals surface area contributed by atoms with Crippen LogP contribution in [0.2, 0.25) is 0 Å². The van der Waals surface area contributed by atoms with Gasteiger partial charge in [0.2, 0.25) is 6.23 Å². The summed E-state index contributed by atoms with van der Waals surface area (Å²) in [6, 6.07) is 4.95. The van der Waals surface area contributed by atoms with E-state index in [1.165, 1.54) is 22.1 Å². The summed E-state index contributed by atoms with van der Waals surface area (Å²) in [4.78, 5) is 26.9. The number of carbonyl (C=O) groups is 2. The zero-order valence-electron chi connectivity index (χ0n) is 12.7. The maximum Gasteiger partial charge on any atom is 0.354 e. The van der Waals surface area contributed by atoms with E-state index in [0.29, 0.717) is 11.3 Å². The summed E-state index contributed by atoms with van der Waals surface area (Å²) in [7, 11) is 0. The lowest BCUT2D eigenvalue weighted by molar-refractivity contribution is -0.153. The predicted octanol–water partition coefficient (Wildman–Crippen LogP) is 0.847. The molecule has 0 saturated carbocycles. The van der Waals surface area contributed by atoms with Crippen molar-refractivity contribution < 1.29 is 19.4 Å². The van der Waals surface area contributed by atoms with E-state index in [-0.39, 0.29) is 12.6 Å². The molecule has 1 saturated heterocycles. The molecule has 0 bridgehead atoms. The monoisotopic (exact) mass is 316 g/mol. The number of carboxylic acids is 1. The van der Waals surface area contributed by atoms with Gasteiger partial charge in [0.25, 0.3) is 5.91 Å². The average molecular weight is 316 g/mol. The topological polar surface area (TPSA) is 97.6 Å². The van der Waals surface area contributed by atoms with Gasteiger partial charge in [-0.3, -0.25) is 9.69 Å². The Hall–Kier alpha value is -2.74. The number of amides is 1. The average Bonchev–Trinajstić information content (AvgIpc) is 3.16. The van der Waals surface area contributed by atoms with Crippen LogP contribution in [0.5, 0.6) is 0 Å². The molecule has 1 aliphatic heterocycles. The van der Waals surface area contributed by atoms with Gasteiger partial charge in [0.15, 0.2) is 0 Å². The summed E-state index contributed by atoms with van der Waals surface area (Å²) in [5.74, 6) is -1.60. The molecular formula is C15H16N4O4. The summed E-state index contributed by atoms with van der Waals surface area (Å²) in [6.45, 7) is 3.79. The molecule has 1 aliphatic rings. The number of aryl methyl sites for hydroxylation is 1. The van der Waals surface area contributed by atoms with Crippen LogP contribution in [0.25, 0.3) is 5.69 Å². The fraction of sp³-hybridized carbons (Fsp3) is 0.333. The molecule has 0 spiro atoms. The molecule has 23 heavy (non-hydrogen) atoms. The largest absolute Gasteiger partial charge is 0.478 e. The number of aromatic nitrogens is 3. The Bertz CT molecular complexity index is 744. The molecule has 1 aromatic carbocycles. The molecule has 2 atom stereocenters. The minimum Gasteiger partial charge on any atom is -0.478 e. The van der Waals surface area contributed by atoms with Crippen molar-refractivity contribution in [1.82, 2.24) is 19.9 Å². The van der Waals surface area contributed by atoms with Gasteiger partial charge in [0.1, 0.15) is 0 Å². The highest BCUT2D eigenvalue weighted by Gasteiger charge is 2.41. The summed E-state index contributed by atoms with van der Waals surface area (Å²) < 4.78 is 5.21. The number of aliphatic carboxylic acids is 1. The predicted molar refractivity (Wildman–Crippen MR) is 79.1 cm³/mol. The lowest BCUT2D eigenvalue weighted by Crippen LogP contribution is -2.45. The molecule has 120 valence electrons. The van der Waals surface area contributed by atoms with Crippen LogP contribution in [0.1, 0.15) is 22.8 Å². The van der Waals surface area contributed by atoms with Gasteiger partial charge in [-0.25, -0.2) is 4.79 Å². The van der Waals surface area contributed by atoms with Crippen molar-refractivity contribution in [3.8, 4) is 5.69 Å². The molecule has 1 amide bonds. The molecule has 8 nitrogen and oxygen atoms in total. The molecule has 2 aromatic rings. The Morgan fingerprint density at radius 2 is 2.00 bits per heavy atom. The summed E-state index contributed by atoms with van der Waals surface area (Å²) in [5, 5.41) is 17.3. The van der Waals surface area contributed by atoms with Crippen molar-refractivity contribution in [2.24, 2.45) is 0 Å². The van der Waals surface area contributed by atoms with Gasteiger partial charge in [-0.1, -0.05) is 11.6 Å². The third-order valence-corrected chi connectivity index (χ3v) is 3.69. The van der Waals surface area contributed by atoms with Crippen LogP contribution in [0.15, 0.2) is 30.6 Å². The summed E-state index contributed by atoms with van der Waals surface area (Å²) in [6.07, 6.45) is 1.74. The lowest BCUT2D eigenvalue weighted by atomic mass is 10.1. The van der Waals surface area contributed by atoms with Crippen molar-refractivity contribution in [3.63, 3.8) is 0 Å². The first-order valence-electron chi connectivity index (χ1n) is 7.13.